The largest absolute Gasteiger partial charge is 0.489 e. The Morgan fingerprint density at radius 2 is 0.661 bits per heavy atom. The molecule has 10 nitrogen and oxygen atoms in total. The second-order valence-electron chi connectivity index (χ2n) is 14.2. The van der Waals surface area contributed by atoms with Crippen LogP contribution in [0, 0.1) is 0 Å². The first-order valence-electron chi connectivity index (χ1n) is 19.9. The SMILES string of the molecule is O=C(Nc1cc(CCl)cc(NC(=O)OCc2cc(OCc3ccccc3)cc(OCc3ccccc3)c2)c1)OCc1cc(OCc2ccccc2)cc(OCc2ccccc2)c1. The number of nitrogens with one attached hydrogen (secondary N) is 2. The van der Waals surface area contributed by atoms with E-state index < -0.39 is 12.2 Å². The molecular weight excluding hydrogens is 804 g/mol. The summed E-state index contributed by atoms with van der Waals surface area (Å²) in [6.45, 7) is 1.28. The van der Waals surface area contributed by atoms with Crippen LogP contribution in [0.25, 0.3) is 0 Å². The summed E-state index contributed by atoms with van der Waals surface area (Å²) in [4.78, 5) is 26.2. The van der Waals surface area contributed by atoms with Gasteiger partial charge in [-0.3, -0.25) is 10.6 Å². The molecule has 0 aliphatic heterocycles. The van der Waals surface area contributed by atoms with Gasteiger partial charge in [-0.05, 0) is 81.4 Å². The lowest BCUT2D eigenvalue weighted by Gasteiger charge is -2.14. The molecule has 0 heterocycles. The molecule has 0 atom stereocenters. The van der Waals surface area contributed by atoms with Crippen molar-refractivity contribution in [3.05, 3.63) is 215 Å². The number of hydrogen-bond donors (Lipinski definition) is 2. The van der Waals surface area contributed by atoms with Crippen molar-refractivity contribution < 1.29 is 38.0 Å². The maximum absolute atomic E-state index is 13.1. The minimum atomic E-state index is -0.715. The monoisotopic (exact) mass is 848 g/mol. The molecule has 0 radical (unpaired) electrons. The maximum Gasteiger partial charge on any atom is 0.411 e. The van der Waals surface area contributed by atoms with Crippen molar-refractivity contribution >= 4 is 35.2 Å². The summed E-state index contributed by atoms with van der Waals surface area (Å²) in [5.41, 5.74) is 6.73. The fourth-order valence-corrected chi connectivity index (χ4v) is 6.40. The first-order chi connectivity index (χ1) is 30.4. The third-order valence-corrected chi connectivity index (χ3v) is 9.56. The summed E-state index contributed by atoms with van der Waals surface area (Å²) in [6, 6.07) is 55.1. The average molecular weight is 849 g/mol. The highest BCUT2D eigenvalue weighted by Gasteiger charge is 2.13. The predicted molar refractivity (Wildman–Crippen MR) is 240 cm³/mol. The second kappa shape index (κ2) is 22.3. The van der Waals surface area contributed by atoms with Crippen molar-refractivity contribution in [2.24, 2.45) is 0 Å². The smallest absolute Gasteiger partial charge is 0.411 e. The molecule has 2 amide bonds. The van der Waals surface area contributed by atoms with E-state index in [9.17, 15) is 9.59 Å². The number of carbonyl (C=O) groups excluding carboxylic acids is 2. The molecule has 0 aliphatic rings. The highest BCUT2D eigenvalue weighted by atomic mass is 35.5. The van der Waals surface area contributed by atoms with Crippen molar-refractivity contribution in [1.29, 1.82) is 0 Å². The van der Waals surface area contributed by atoms with Crippen LogP contribution >= 0.6 is 11.6 Å². The quantitative estimate of drug-likeness (QED) is 0.0774. The van der Waals surface area contributed by atoms with E-state index in [-0.39, 0.29) is 19.1 Å². The molecule has 7 rings (SSSR count). The molecule has 0 aliphatic carbocycles. The van der Waals surface area contributed by atoms with E-state index in [2.05, 4.69) is 10.6 Å². The van der Waals surface area contributed by atoms with Crippen molar-refractivity contribution in [3.8, 4) is 23.0 Å². The van der Waals surface area contributed by atoms with Crippen LogP contribution in [0.4, 0.5) is 21.0 Å². The van der Waals surface area contributed by atoms with E-state index in [1.807, 2.05) is 133 Å². The van der Waals surface area contributed by atoms with E-state index in [1.54, 1.807) is 42.5 Å². The zero-order valence-corrected chi connectivity index (χ0v) is 34.6. The Kier molecular flexibility index (Phi) is 15.3. The van der Waals surface area contributed by atoms with Crippen LogP contribution in [0.1, 0.15) is 38.9 Å². The molecule has 314 valence electrons. The Balaban J connectivity index is 0.963. The first-order valence-corrected chi connectivity index (χ1v) is 20.5. The molecule has 0 saturated heterocycles. The lowest BCUT2D eigenvalue weighted by atomic mass is 10.2. The normalized spacial score (nSPS) is 10.6. The van der Waals surface area contributed by atoms with Gasteiger partial charge in [-0.15, -0.1) is 11.6 Å². The number of benzene rings is 7. The number of hydrogen-bond acceptors (Lipinski definition) is 8. The molecule has 0 unspecified atom stereocenters. The highest BCUT2D eigenvalue weighted by Crippen LogP contribution is 2.28. The molecule has 11 heteroatoms. The van der Waals surface area contributed by atoms with Gasteiger partial charge >= 0.3 is 12.2 Å². The molecule has 62 heavy (non-hydrogen) atoms. The zero-order chi connectivity index (χ0) is 42.8. The van der Waals surface area contributed by atoms with Crippen molar-refractivity contribution in [2.75, 3.05) is 10.6 Å². The van der Waals surface area contributed by atoms with Crippen LogP contribution in [-0.2, 0) is 55.0 Å². The third-order valence-electron chi connectivity index (χ3n) is 9.25. The van der Waals surface area contributed by atoms with E-state index in [0.717, 1.165) is 22.3 Å². The molecular formula is C51H45ClN2O8. The van der Waals surface area contributed by atoms with Gasteiger partial charge in [0.05, 0.1) is 0 Å². The van der Waals surface area contributed by atoms with Crippen LogP contribution in [0.15, 0.2) is 176 Å². The number of amides is 2. The summed E-state index contributed by atoms with van der Waals surface area (Å²) in [7, 11) is 0. The zero-order valence-electron chi connectivity index (χ0n) is 33.8. The summed E-state index contributed by atoms with van der Waals surface area (Å²) < 4.78 is 35.6. The Morgan fingerprint density at radius 1 is 0.355 bits per heavy atom. The molecule has 0 saturated carbocycles. The topological polar surface area (TPSA) is 114 Å². The summed E-state index contributed by atoms with van der Waals surface area (Å²) >= 11 is 6.21. The maximum atomic E-state index is 13.1. The standard InChI is InChI=1S/C51H45ClN2O8/c52-30-41-21-44(53-50(55)61-35-42-23-46(57-31-37-13-5-1-6-14-37)28-47(24-42)58-32-38-15-7-2-8-16-38)27-45(22-41)54-51(56)62-36-43-25-48(59-33-39-17-9-3-10-18-39)29-49(26-43)60-34-40-19-11-4-12-20-40/h1-29H,30-36H2,(H,53,55)(H,54,56). The molecule has 7 aromatic carbocycles. The third kappa shape index (κ3) is 13.8. The second-order valence-corrected chi connectivity index (χ2v) is 14.4. The Labute approximate surface area is 365 Å². The van der Waals surface area contributed by atoms with Crippen molar-refractivity contribution in [2.45, 2.75) is 45.5 Å². The number of anilines is 2. The summed E-state index contributed by atoms with van der Waals surface area (Å²) in [5, 5.41) is 5.48. The Morgan fingerprint density at radius 3 is 0.952 bits per heavy atom. The fraction of sp³-hybridized carbons (Fsp3) is 0.137. The van der Waals surface area contributed by atoms with E-state index >= 15 is 0 Å². The lowest BCUT2D eigenvalue weighted by Crippen LogP contribution is -2.16. The van der Waals surface area contributed by atoms with Crippen molar-refractivity contribution in [3.63, 3.8) is 0 Å². The summed E-state index contributed by atoms with van der Waals surface area (Å²) in [6.07, 6.45) is -1.43. The van der Waals surface area contributed by atoms with Gasteiger partial charge in [-0.2, -0.15) is 0 Å². The first kappa shape index (κ1) is 42.7. The lowest BCUT2D eigenvalue weighted by molar-refractivity contribution is 0.154. The number of halogens is 1. The highest BCUT2D eigenvalue weighted by molar-refractivity contribution is 6.17. The van der Waals surface area contributed by atoms with Gasteiger partial charge in [0.2, 0.25) is 0 Å². The predicted octanol–water partition coefficient (Wildman–Crippen LogP) is 12.2. The van der Waals surface area contributed by atoms with Gasteiger partial charge in [0.1, 0.15) is 62.6 Å². The van der Waals surface area contributed by atoms with Crippen LogP contribution in [0.5, 0.6) is 23.0 Å². The van der Waals surface area contributed by atoms with Crippen LogP contribution in [0.2, 0.25) is 0 Å². The molecule has 0 spiro atoms. The average Bonchev–Trinajstić information content (AvgIpc) is 3.31. The number of rotatable bonds is 19. The molecule has 0 aromatic heterocycles. The number of alkyl halides is 1. The van der Waals surface area contributed by atoms with E-state index in [4.69, 9.17) is 40.0 Å². The Bertz CT molecular complexity index is 2210. The minimum Gasteiger partial charge on any atom is -0.489 e. The van der Waals surface area contributed by atoms with Crippen LogP contribution in [0.3, 0.4) is 0 Å². The van der Waals surface area contributed by atoms with E-state index in [1.165, 1.54) is 0 Å². The van der Waals surface area contributed by atoms with Gasteiger partial charge in [0.15, 0.2) is 0 Å². The number of carbonyl (C=O) groups is 2. The van der Waals surface area contributed by atoms with Crippen molar-refractivity contribution in [1.82, 2.24) is 0 Å². The van der Waals surface area contributed by atoms with Gasteiger partial charge in [0.25, 0.3) is 0 Å². The molecule has 0 bridgehead atoms. The fourth-order valence-electron chi connectivity index (χ4n) is 6.24. The van der Waals surface area contributed by atoms with Gasteiger partial charge in [-0.1, -0.05) is 121 Å². The van der Waals surface area contributed by atoms with Gasteiger partial charge in [-0.25, -0.2) is 9.59 Å². The van der Waals surface area contributed by atoms with Gasteiger partial charge < -0.3 is 28.4 Å². The number of ether oxygens (including phenoxy) is 6. The summed E-state index contributed by atoms with van der Waals surface area (Å²) in [5.74, 6) is 2.39. The van der Waals surface area contributed by atoms with E-state index in [0.29, 0.717) is 77.5 Å². The Hall–Kier alpha value is -7.43. The van der Waals surface area contributed by atoms with Gasteiger partial charge in [0, 0.05) is 29.4 Å². The molecule has 7 aromatic rings. The molecule has 2 N–H and O–H groups in total. The molecule has 0 fully saturated rings. The van der Waals surface area contributed by atoms with Crippen LogP contribution < -0.4 is 29.6 Å². The van der Waals surface area contributed by atoms with Crippen LogP contribution in [-0.4, -0.2) is 12.2 Å². The minimum absolute atomic E-state index is 0.0692.